The Morgan fingerprint density at radius 3 is 2.76 bits per heavy atom. The van der Waals surface area contributed by atoms with Crippen molar-refractivity contribution in [3.63, 3.8) is 0 Å². The molecule has 0 unspecified atom stereocenters. The van der Waals surface area contributed by atoms with Gasteiger partial charge in [-0.05, 0) is 37.3 Å². The van der Waals surface area contributed by atoms with Gasteiger partial charge < -0.3 is 14.2 Å². The van der Waals surface area contributed by atoms with Gasteiger partial charge in [0.05, 0.1) is 6.61 Å². The van der Waals surface area contributed by atoms with Crippen LogP contribution < -0.4 is 10.3 Å². The van der Waals surface area contributed by atoms with Gasteiger partial charge >= 0.3 is 0 Å². The van der Waals surface area contributed by atoms with Crippen LogP contribution in [0.15, 0.2) is 23.1 Å². The highest BCUT2D eigenvalue weighted by Gasteiger charge is 2.20. The molecule has 1 aromatic rings. The zero-order valence-corrected chi connectivity index (χ0v) is 12.9. The van der Waals surface area contributed by atoms with Crippen molar-refractivity contribution >= 4 is 5.91 Å². The summed E-state index contributed by atoms with van der Waals surface area (Å²) in [5.74, 6) is 1.01. The predicted molar refractivity (Wildman–Crippen MR) is 81.5 cm³/mol. The van der Waals surface area contributed by atoms with Crippen molar-refractivity contribution in [2.75, 3.05) is 19.7 Å². The molecule has 1 saturated heterocycles. The standard InChI is InChI=1S/C16H24N2O3/c1-3-11-21-14-5-4-8-18(16(14)20)12-15(19)17-9-6-13(2)7-10-17/h4-5,8,13H,3,6-7,9-12H2,1-2H3. The van der Waals surface area contributed by atoms with Crippen molar-refractivity contribution in [3.05, 3.63) is 28.7 Å². The second kappa shape index (κ2) is 7.29. The first-order valence-corrected chi connectivity index (χ1v) is 7.71. The number of nitrogens with zero attached hydrogens (tertiary/aromatic N) is 2. The Morgan fingerprint density at radius 1 is 1.38 bits per heavy atom. The summed E-state index contributed by atoms with van der Waals surface area (Å²) in [5, 5.41) is 0. The molecular formula is C16H24N2O3. The van der Waals surface area contributed by atoms with Gasteiger partial charge in [-0.1, -0.05) is 13.8 Å². The van der Waals surface area contributed by atoms with Crippen molar-refractivity contribution in [2.45, 2.75) is 39.7 Å². The highest BCUT2D eigenvalue weighted by molar-refractivity contribution is 5.76. The number of likely N-dealkylation sites (tertiary alicyclic amines) is 1. The number of carbonyl (C=O) groups excluding carboxylic acids is 1. The zero-order valence-electron chi connectivity index (χ0n) is 12.9. The molecule has 0 aliphatic carbocycles. The predicted octanol–water partition coefficient (Wildman–Crippen LogP) is 1.90. The molecule has 2 heterocycles. The maximum absolute atomic E-state index is 12.3. The lowest BCUT2D eigenvalue weighted by atomic mass is 9.99. The van der Waals surface area contributed by atoms with E-state index in [4.69, 9.17) is 4.74 Å². The van der Waals surface area contributed by atoms with Gasteiger partial charge in [0.15, 0.2) is 5.75 Å². The summed E-state index contributed by atoms with van der Waals surface area (Å²) in [6.45, 7) is 6.39. The average molecular weight is 292 g/mol. The Morgan fingerprint density at radius 2 is 2.10 bits per heavy atom. The third kappa shape index (κ3) is 4.09. The van der Waals surface area contributed by atoms with Gasteiger partial charge in [0, 0.05) is 19.3 Å². The van der Waals surface area contributed by atoms with Gasteiger partial charge in [-0.15, -0.1) is 0 Å². The summed E-state index contributed by atoms with van der Waals surface area (Å²) in [4.78, 5) is 26.3. The fourth-order valence-corrected chi connectivity index (χ4v) is 2.46. The summed E-state index contributed by atoms with van der Waals surface area (Å²) >= 11 is 0. The van der Waals surface area contributed by atoms with Gasteiger partial charge in [-0.3, -0.25) is 9.59 Å². The first-order valence-electron chi connectivity index (χ1n) is 7.71. The molecule has 1 aliphatic heterocycles. The van der Waals surface area contributed by atoms with Gasteiger partial charge in [0.1, 0.15) is 6.54 Å². The summed E-state index contributed by atoms with van der Waals surface area (Å²) in [7, 11) is 0. The molecule has 1 amide bonds. The highest BCUT2D eigenvalue weighted by atomic mass is 16.5. The van der Waals surface area contributed by atoms with Crippen LogP contribution >= 0.6 is 0 Å². The van der Waals surface area contributed by atoms with Crippen LogP contribution in [0.2, 0.25) is 0 Å². The zero-order chi connectivity index (χ0) is 15.2. The van der Waals surface area contributed by atoms with Gasteiger partial charge in [0.2, 0.25) is 5.91 Å². The van der Waals surface area contributed by atoms with E-state index in [1.54, 1.807) is 18.3 Å². The molecule has 0 aromatic carbocycles. The Hall–Kier alpha value is -1.78. The third-order valence-corrected chi connectivity index (χ3v) is 3.89. The van der Waals surface area contributed by atoms with Gasteiger partial charge in [-0.2, -0.15) is 0 Å². The van der Waals surface area contributed by atoms with E-state index in [9.17, 15) is 9.59 Å². The number of ether oxygens (including phenoxy) is 1. The second-order valence-electron chi connectivity index (χ2n) is 5.72. The van der Waals surface area contributed by atoms with Crippen LogP contribution in [0.4, 0.5) is 0 Å². The largest absolute Gasteiger partial charge is 0.488 e. The van der Waals surface area contributed by atoms with Crippen LogP contribution in [0.3, 0.4) is 0 Å². The Labute approximate surface area is 125 Å². The van der Waals surface area contributed by atoms with Crippen LogP contribution in [0, 0.1) is 5.92 Å². The minimum atomic E-state index is -0.232. The van der Waals surface area contributed by atoms with E-state index in [-0.39, 0.29) is 18.0 Å². The van der Waals surface area contributed by atoms with Crippen molar-refractivity contribution in [1.29, 1.82) is 0 Å². The number of rotatable bonds is 5. The van der Waals surface area contributed by atoms with Crippen LogP contribution in [-0.2, 0) is 11.3 Å². The van der Waals surface area contributed by atoms with E-state index < -0.39 is 0 Å². The molecule has 21 heavy (non-hydrogen) atoms. The summed E-state index contributed by atoms with van der Waals surface area (Å²) in [6, 6.07) is 3.40. The topological polar surface area (TPSA) is 51.5 Å². The van der Waals surface area contributed by atoms with Crippen LogP contribution in [0.5, 0.6) is 5.75 Å². The monoisotopic (exact) mass is 292 g/mol. The molecule has 0 atom stereocenters. The molecular weight excluding hydrogens is 268 g/mol. The highest BCUT2D eigenvalue weighted by Crippen LogP contribution is 2.16. The number of amides is 1. The number of piperidine rings is 1. The molecule has 5 heteroatoms. The first kappa shape index (κ1) is 15.6. The van der Waals surface area contributed by atoms with Crippen molar-refractivity contribution in [1.82, 2.24) is 9.47 Å². The fraction of sp³-hybridized carbons (Fsp3) is 0.625. The normalized spacial score (nSPS) is 16.0. The number of carbonyl (C=O) groups is 1. The minimum Gasteiger partial charge on any atom is -0.488 e. The lowest BCUT2D eigenvalue weighted by Crippen LogP contribution is -2.41. The summed E-state index contributed by atoms with van der Waals surface area (Å²) in [6.07, 6.45) is 4.57. The van der Waals surface area contributed by atoms with E-state index in [1.807, 2.05) is 11.8 Å². The molecule has 5 nitrogen and oxygen atoms in total. The molecule has 0 bridgehead atoms. The fourth-order valence-electron chi connectivity index (χ4n) is 2.46. The number of pyridine rings is 1. The number of hydrogen-bond acceptors (Lipinski definition) is 3. The molecule has 0 spiro atoms. The molecule has 1 aliphatic rings. The minimum absolute atomic E-state index is 0.0108. The van der Waals surface area contributed by atoms with E-state index in [1.165, 1.54) is 4.57 Å². The van der Waals surface area contributed by atoms with Crippen molar-refractivity contribution in [2.24, 2.45) is 5.92 Å². The molecule has 1 fully saturated rings. The van der Waals surface area contributed by atoms with Gasteiger partial charge in [0.25, 0.3) is 5.56 Å². The first-order chi connectivity index (χ1) is 10.1. The lowest BCUT2D eigenvalue weighted by Gasteiger charge is -2.30. The van der Waals surface area contributed by atoms with E-state index >= 15 is 0 Å². The summed E-state index contributed by atoms with van der Waals surface area (Å²) in [5.41, 5.74) is -0.232. The molecule has 116 valence electrons. The second-order valence-corrected chi connectivity index (χ2v) is 5.72. The smallest absolute Gasteiger partial charge is 0.293 e. The number of aromatic nitrogens is 1. The Kier molecular flexibility index (Phi) is 5.42. The molecule has 0 radical (unpaired) electrons. The average Bonchev–Trinajstić information content (AvgIpc) is 2.49. The van der Waals surface area contributed by atoms with Gasteiger partial charge in [-0.25, -0.2) is 0 Å². The lowest BCUT2D eigenvalue weighted by molar-refractivity contribution is -0.133. The van der Waals surface area contributed by atoms with E-state index in [0.29, 0.717) is 18.3 Å². The SMILES string of the molecule is CCCOc1cccn(CC(=O)N2CCC(C)CC2)c1=O. The van der Waals surface area contributed by atoms with E-state index in [2.05, 4.69) is 6.92 Å². The van der Waals surface area contributed by atoms with Crippen LogP contribution in [-0.4, -0.2) is 35.1 Å². The molecule has 1 aromatic heterocycles. The van der Waals surface area contributed by atoms with E-state index in [0.717, 1.165) is 32.4 Å². The molecule has 2 rings (SSSR count). The van der Waals surface area contributed by atoms with Crippen molar-refractivity contribution in [3.8, 4) is 5.75 Å². The quantitative estimate of drug-likeness (QED) is 0.833. The number of hydrogen-bond donors (Lipinski definition) is 0. The maximum Gasteiger partial charge on any atom is 0.293 e. The Bertz CT molecular complexity index is 531. The molecule has 0 saturated carbocycles. The summed E-state index contributed by atoms with van der Waals surface area (Å²) < 4.78 is 6.85. The maximum atomic E-state index is 12.3. The third-order valence-electron chi connectivity index (χ3n) is 3.89. The van der Waals surface area contributed by atoms with Crippen LogP contribution in [0.25, 0.3) is 0 Å². The Balaban J connectivity index is 2.02. The molecule has 0 N–H and O–H groups in total. The van der Waals surface area contributed by atoms with Crippen molar-refractivity contribution < 1.29 is 9.53 Å². The van der Waals surface area contributed by atoms with Crippen LogP contribution in [0.1, 0.15) is 33.1 Å².